The van der Waals surface area contributed by atoms with Gasteiger partial charge >= 0.3 is 0 Å². The Morgan fingerprint density at radius 3 is 2.84 bits per heavy atom. The third kappa shape index (κ3) is 2.67. The molecule has 2 aromatic heterocycles. The van der Waals surface area contributed by atoms with Crippen LogP contribution in [0.15, 0.2) is 54.2 Å². The zero-order valence-corrected chi connectivity index (χ0v) is 11.3. The van der Waals surface area contributed by atoms with Crippen molar-refractivity contribution in [3.63, 3.8) is 0 Å². The number of nitrogens with zero attached hydrogens (tertiary/aromatic N) is 1. The quantitative estimate of drug-likeness (QED) is 0.777. The molecule has 0 amide bonds. The van der Waals surface area contributed by atoms with E-state index in [1.807, 2.05) is 36.5 Å². The van der Waals surface area contributed by atoms with E-state index in [0.717, 1.165) is 29.2 Å². The first-order chi connectivity index (χ1) is 9.34. The number of aryl methyl sites for hydroxylation is 1. The lowest BCUT2D eigenvalue weighted by Gasteiger charge is -2.12. The van der Waals surface area contributed by atoms with Crippen LogP contribution in [0.2, 0.25) is 0 Å². The Bertz CT molecular complexity index is 658. The van der Waals surface area contributed by atoms with Crippen LogP contribution in [0.25, 0.3) is 10.8 Å². The molecule has 0 saturated heterocycles. The molecule has 0 fully saturated rings. The number of aliphatic hydroxyl groups excluding tert-OH is 1. The maximum Gasteiger partial charge on any atom is 0.0814 e. The number of aliphatic hydroxyl groups is 1. The molecular formula is C16H15NOS. The maximum atomic E-state index is 10.4. The molecule has 1 aromatic carbocycles. The Hall–Kier alpha value is -1.71. The molecule has 0 aliphatic carbocycles. The lowest BCUT2D eigenvalue weighted by molar-refractivity contribution is 0.169. The standard InChI is InChI=1S/C16H15NOS/c18-16(8-7-13-5-3-9-19-13)15-11-17-10-12-4-1-2-6-14(12)15/h1-6,9-11,16,18H,7-8H2. The summed E-state index contributed by atoms with van der Waals surface area (Å²) in [6, 6.07) is 12.2. The van der Waals surface area contributed by atoms with Gasteiger partial charge in [-0.15, -0.1) is 11.3 Å². The van der Waals surface area contributed by atoms with Crippen molar-refractivity contribution in [3.05, 3.63) is 64.6 Å². The van der Waals surface area contributed by atoms with E-state index in [1.165, 1.54) is 4.88 Å². The Kier molecular flexibility index (Phi) is 3.58. The SMILES string of the molecule is OC(CCc1cccs1)c1cncc2ccccc12. The number of benzene rings is 1. The molecule has 2 heterocycles. The molecule has 1 N–H and O–H groups in total. The Morgan fingerprint density at radius 2 is 2.00 bits per heavy atom. The lowest BCUT2D eigenvalue weighted by atomic mass is 10.0. The Balaban J connectivity index is 1.83. The number of fused-ring (bicyclic) bond motifs is 1. The summed E-state index contributed by atoms with van der Waals surface area (Å²) in [6.45, 7) is 0. The van der Waals surface area contributed by atoms with Crippen LogP contribution in [-0.4, -0.2) is 10.1 Å². The minimum atomic E-state index is -0.458. The molecule has 3 aromatic rings. The van der Waals surface area contributed by atoms with Gasteiger partial charge in [0.25, 0.3) is 0 Å². The second-order valence-electron chi connectivity index (χ2n) is 4.58. The van der Waals surface area contributed by atoms with E-state index >= 15 is 0 Å². The summed E-state index contributed by atoms with van der Waals surface area (Å²) in [5.74, 6) is 0. The molecule has 0 aliphatic rings. The smallest absolute Gasteiger partial charge is 0.0814 e. The van der Waals surface area contributed by atoms with Gasteiger partial charge in [0.1, 0.15) is 0 Å². The van der Waals surface area contributed by atoms with Gasteiger partial charge in [-0.1, -0.05) is 30.3 Å². The number of thiophene rings is 1. The fourth-order valence-corrected chi connectivity index (χ4v) is 3.02. The van der Waals surface area contributed by atoms with Crippen molar-refractivity contribution in [2.24, 2.45) is 0 Å². The van der Waals surface area contributed by atoms with Crippen molar-refractivity contribution < 1.29 is 5.11 Å². The highest BCUT2D eigenvalue weighted by Crippen LogP contribution is 2.26. The molecule has 0 aliphatic heterocycles. The first-order valence-corrected chi connectivity index (χ1v) is 7.25. The third-order valence-corrected chi connectivity index (χ3v) is 4.24. The minimum Gasteiger partial charge on any atom is -0.388 e. The molecule has 19 heavy (non-hydrogen) atoms. The number of aromatic nitrogens is 1. The van der Waals surface area contributed by atoms with Crippen molar-refractivity contribution >= 4 is 22.1 Å². The molecule has 0 radical (unpaired) electrons. The van der Waals surface area contributed by atoms with Crippen LogP contribution in [0, 0.1) is 0 Å². The Morgan fingerprint density at radius 1 is 1.11 bits per heavy atom. The topological polar surface area (TPSA) is 33.1 Å². The summed E-state index contributed by atoms with van der Waals surface area (Å²) in [5.41, 5.74) is 0.926. The largest absolute Gasteiger partial charge is 0.388 e. The predicted molar refractivity (Wildman–Crippen MR) is 79.3 cm³/mol. The van der Waals surface area contributed by atoms with Crippen molar-refractivity contribution in [2.75, 3.05) is 0 Å². The second kappa shape index (κ2) is 5.51. The van der Waals surface area contributed by atoms with E-state index in [0.29, 0.717) is 0 Å². The van der Waals surface area contributed by atoms with Crippen LogP contribution < -0.4 is 0 Å². The number of pyridine rings is 1. The van der Waals surface area contributed by atoms with Crippen molar-refractivity contribution in [1.82, 2.24) is 4.98 Å². The van der Waals surface area contributed by atoms with Crippen LogP contribution in [0.5, 0.6) is 0 Å². The van der Waals surface area contributed by atoms with Crippen molar-refractivity contribution in [2.45, 2.75) is 18.9 Å². The van der Waals surface area contributed by atoms with Crippen LogP contribution in [-0.2, 0) is 6.42 Å². The van der Waals surface area contributed by atoms with E-state index in [1.54, 1.807) is 17.5 Å². The molecule has 1 unspecified atom stereocenters. The molecule has 1 atom stereocenters. The highest BCUT2D eigenvalue weighted by atomic mass is 32.1. The summed E-state index contributed by atoms with van der Waals surface area (Å²) in [5, 5.41) is 14.6. The van der Waals surface area contributed by atoms with Gasteiger partial charge < -0.3 is 5.11 Å². The fourth-order valence-electron chi connectivity index (χ4n) is 2.29. The highest BCUT2D eigenvalue weighted by molar-refractivity contribution is 7.09. The normalized spacial score (nSPS) is 12.7. The maximum absolute atomic E-state index is 10.4. The Labute approximate surface area is 116 Å². The third-order valence-electron chi connectivity index (χ3n) is 3.30. The van der Waals surface area contributed by atoms with Gasteiger partial charge in [-0.25, -0.2) is 0 Å². The number of hydrogen-bond donors (Lipinski definition) is 1. The van der Waals surface area contributed by atoms with E-state index in [9.17, 15) is 5.11 Å². The van der Waals surface area contributed by atoms with E-state index < -0.39 is 6.10 Å². The molecule has 0 bridgehead atoms. The van der Waals surface area contributed by atoms with Gasteiger partial charge in [-0.3, -0.25) is 4.98 Å². The zero-order chi connectivity index (χ0) is 13.1. The summed E-state index contributed by atoms with van der Waals surface area (Å²) in [6.07, 6.45) is 4.80. The molecule has 0 saturated carbocycles. The van der Waals surface area contributed by atoms with Crippen LogP contribution >= 0.6 is 11.3 Å². The average Bonchev–Trinajstić information content (AvgIpc) is 2.97. The highest BCUT2D eigenvalue weighted by Gasteiger charge is 2.11. The summed E-state index contributed by atoms with van der Waals surface area (Å²) in [4.78, 5) is 5.53. The van der Waals surface area contributed by atoms with E-state index in [2.05, 4.69) is 16.4 Å². The van der Waals surface area contributed by atoms with Crippen molar-refractivity contribution in [1.29, 1.82) is 0 Å². The summed E-state index contributed by atoms with van der Waals surface area (Å²) >= 11 is 1.74. The molecular weight excluding hydrogens is 254 g/mol. The first-order valence-electron chi connectivity index (χ1n) is 6.37. The average molecular weight is 269 g/mol. The molecule has 3 heteroatoms. The second-order valence-corrected chi connectivity index (χ2v) is 5.62. The number of rotatable bonds is 4. The van der Waals surface area contributed by atoms with Gasteiger partial charge in [0.2, 0.25) is 0 Å². The molecule has 96 valence electrons. The zero-order valence-electron chi connectivity index (χ0n) is 10.5. The molecule has 3 rings (SSSR count). The predicted octanol–water partition coefficient (Wildman–Crippen LogP) is 3.96. The van der Waals surface area contributed by atoms with Gasteiger partial charge in [0.05, 0.1) is 6.10 Å². The van der Waals surface area contributed by atoms with E-state index in [-0.39, 0.29) is 0 Å². The van der Waals surface area contributed by atoms with Crippen LogP contribution in [0.4, 0.5) is 0 Å². The summed E-state index contributed by atoms with van der Waals surface area (Å²) in [7, 11) is 0. The van der Waals surface area contributed by atoms with Gasteiger partial charge in [-0.2, -0.15) is 0 Å². The molecule has 0 spiro atoms. The minimum absolute atomic E-state index is 0.458. The monoisotopic (exact) mass is 269 g/mol. The summed E-state index contributed by atoms with van der Waals surface area (Å²) < 4.78 is 0. The van der Waals surface area contributed by atoms with Gasteiger partial charge in [0, 0.05) is 28.2 Å². The first kappa shape index (κ1) is 12.3. The van der Waals surface area contributed by atoms with E-state index in [4.69, 9.17) is 0 Å². The molecule has 2 nitrogen and oxygen atoms in total. The van der Waals surface area contributed by atoms with Gasteiger partial charge in [0.15, 0.2) is 0 Å². The van der Waals surface area contributed by atoms with Crippen LogP contribution in [0.1, 0.15) is 23.0 Å². The van der Waals surface area contributed by atoms with Crippen LogP contribution in [0.3, 0.4) is 0 Å². The number of hydrogen-bond acceptors (Lipinski definition) is 3. The fraction of sp³-hybridized carbons (Fsp3) is 0.188. The van der Waals surface area contributed by atoms with Crippen molar-refractivity contribution in [3.8, 4) is 0 Å². The lowest BCUT2D eigenvalue weighted by Crippen LogP contribution is -2.00. The van der Waals surface area contributed by atoms with Gasteiger partial charge in [-0.05, 0) is 29.7 Å².